The predicted octanol–water partition coefficient (Wildman–Crippen LogP) is 2.51. The lowest BCUT2D eigenvalue weighted by molar-refractivity contribution is 0.111. The number of amides is 2. The van der Waals surface area contributed by atoms with Gasteiger partial charge in [-0.3, -0.25) is 4.90 Å². The average Bonchev–Trinajstić information content (AvgIpc) is 3.16. The number of piperazine rings is 1. The molecule has 1 saturated heterocycles. The quantitative estimate of drug-likeness (QED) is 0.721. The molecule has 2 aromatic rings. The minimum Gasteiger partial charge on any atom is -0.374 e. The summed E-state index contributed by atoms with van der Waals surface area (Å²) in [5.74, 6) is 0. The molecular weight excluding hydrogens is 386 g/mol. The summed E-state index contributed by atoms with van der Waals surface area (Å²) in [6, 6.07) is 17.2. The zero-order chi connectivity index (χ0) is 21.6. The molecule has 6 heteroatoms. The van der Waals surface area contributed by atoms with E-state index in [0.29, 0.717) is 13.1 Å². The van der Waals surface area contributed by atoms with E-state index in [2.05, 4.69) is 69.8 Å². The van der Waals surface area contributed by atoms with Crippen LogP contribution in [-0.2, 0) is 12.8 Å². The molecule has 2 heterocycles. The van der Waals surface area contributed by atoms with Gasteiger partial charge in [-0.1, -0.05) is 42.5 Å². The molecular formula is C25H35N5O. The number of urea groups is 1. The number of nitrogens with one attached hydrogen (secondary N) is 2. The van der Waals surface area contributed by atoms with E-state index in [0.717, 1.165) is 45.6 Å². The Labute approximate surface area is 186 Å². The Morgan fingerprint density at radius 1 is 0.968 bits per heavy atom. The lowest BCUT2D eigenvalue weighted by Crippen LogP contribution is -2.49. The van der Waals surface area contributed by atoms with Crippen LogP contribution >= 0.6 is 0 Å². The molecule has 0 saturated carbocycles. The number of benzene rings is 2. The van der Waals surface area contributed by atoms with Crippen LogP contribution in [0.2, 0.25) is 0 Å². The summed E-state index contributed by atoms with van der Waals surface area (Å²) in [4.78, 5) is 19.7. The topological polar surface area (TPSA) is 50.9 Å². The standard InChI is InChI=1S/C25H35N5O/c1-28-14-16-30(17-15-28)24(21-8-9-23-22(18-21)11-13-29(23)2)19-27-25(31)26-12-10-20-6-4-3-5-7-20/h3-9,18,24H,10-17,19H2,1-2H3,(H2,26,27,31)/t24-/m0/s1. The Kier molecular flexibility index (Phi) is 7.10. The summed E-state index contributed by atoms with van der Waals surface area (Å²) in [5.41, 5.74) is 5.31. The number of nitrogens with zero attached hydrogens (tertiary/aromatic N) is 3. The van der Waals surface area contributed by atoms with Crippen LogP contribution in [0.4, 0.5) is 10.5 Å². The molecule has 0 aromatic heterocycles. The highest BCUT2D eigenvalue weighted by Crippen LogP contribution is 2.31. The minimum atomic E-state index is -0.0871. The van der Waals surface area contributed by atoms with Crippen molar-refractivity contribution >= 4 is 11.7 Å². The molecule has 0 spiro atoms. The minimum absolute atomic E-state index is 0.0871. The number of hydrogen-bond donors (Lipinski definition) is 2. The molecule has 31 heavy (non-hydrogen) atoms. The van der Waals surface area contributed by atoms with E-state index >= 15 is 0 Å². The Balaban J connectivity index is 1.37. The van der Waals surface area contributed by atoms with Crippen molar-refractivity contribution in [3.8, 4) is 0 Å². The summed E-state index contributed by atoms with van der Waals surface area (Å²) in [7, 11) is 4.33. The van der Waals surface area contributed by atoms with E-state index in [4.69, 9.17) is 0 Å². The lowest BCUT2D eigenvalue weighted by Gasteiger charge is -2.38. The maximum Gasteiger partial charge on any atom is 0.314 e. The molecule has 2 aromatic carbocycles. The van der Waals surface area contributed by atoms with Crippen molar-refractivity contribution in [1.82, 2.24) is 20.4 Å². The molecule has 0 bridgehead atoms. The highest BCUT2D eigenvalue weighted by Gasteiger charge is 2.26. The summed E-state index contributed by atoms with van der Waals surface area (Å²) < 4.78 is 0. The van der Waals surface area contributed by atoms with Crippen molar-refractivity contribution in [2.75, 3.05) is 64.8 Å². The largest absolute Gasteiger partial charge is 0.374 e. The van der Waals surface area contributed by atoms with Gasteiger partial charge in [0.25, 0.3) is 0 Å². The SMILES string of the molecule is CN1CCN([C@@H](CNC(=O)NCCc2ccccc2)c2ccc3c(c2)CCN3C)CC1. The summed E-state index contributed by atoms with van der Waals surface area (Å²) in [6.45, 7) is 6.52. The zero-order valence-corrected chi connectivity index (χ0v) is 18.8. The second kappa shape index (κ2) is 10.2. The van der Waals surface area contributed by atoms with Crippen LogP contribution in [0.3, 0.4) is 0 Å². The second-order valence-corrected chi connectivity index (χ2v) is 8.79. The molecule has 2 aliphatic rings. The van der Waals surface area contributed by atoms with Crippen LogP contribution in [0.25, 0.3) is 0 Å². The fraction of sp³-hybridized carbons (Fsp3) is 0.480. The fourth-order valence-electron chi connectivity index (χ4n) is 4.60. The first-order chi connectivity index (χ1) is 15.1. The average molecular weight is 422 g/mol. The van der Waals surface area contributed by atoms with Crippen molar-refractivity contribution in [3.63, 3.8) is 0 Å². The van der Waals surface area contributed by atoms with Crippen molar-refractivity contribution in [1.29, 1.82) is 0 Å². The first-order valence-electron chi connectivity index (χ1n) is 11.4. The third-order valence-electron chi connectivity index (χ3n) is 6.59. The van der Waals surface area contributed by atoms with Crippen LogP contribution in [0.15, 0.2) is 48.5 Å². The highest BCUT2D eigenvalue weighted by molar-refractivity contribution is 5.73. The van der Waals surface area contributed by atoms with E-state index < -0.39 is 0 Å². The third-order valence-corrected chi connectivity index (χ3v) is 6.59. The van der Waals surface area contributed by atoms with Gasteiger partial charge >= 0.3 is 6.03 Å². The van der Waals surface area contributed by atoms with Gasteiger partial charge in [0.05, 0.1) is 6.04 Å². The van der Waals surface area contributed by atoms with Gasteiger partial charge in [0.1, 0.15) is 0 Å². The molecule has 2 amide bonds. The Hall–Kier alpha value is -2.57. The monoisotopic (exact) mass is 421 g/mol. The summed E-state index contributed by atoms with van der Waals surface area (Å²) in [5, 5.41) is 6.15. The van der Waals surface area contributed by atoms with E-state index in [9.17, 15) is 4.79 Å². The van der Waals surface area contributed by atoms with Crippen LogP contribution in [0.1, 0.15) is 22.7 Å². The molecule has 2 N–H and O–H groups in total. The van der Waals surface area contributed by atoms with Crippen molar-refractivity contribution in [2.45, 2.75) is 18.9 Å². The van der Waals surface area contributed by atoms with Gasteiger partial charge in [0, 0.05) is 58.5 Å². The second-order valence-electron chi connectivity index (χ2n) is 8.79. The van der Waals surface area contributed by atoms with Crippen molar-refractivity contribution in [3.05, 3.63) is 65.2 Å². The zero-order valence-electron chi connectivity index (χ0n) is 18.8. The van der Waals surface area contributed by atoms with Gasteiger partial charge < -0.3 is 20.4 Å². The Morgan fingerprint density at radius 3 is 2.52 bits per heavy atom. The van der Waals surface area contributed by atoms with Crippen molar-refractivity contribution < 1.29 is 4.79 Å². The van der Waals surface area contributed by atoms with E-state index in [1.165, 1.54) is 22.4 Å². The third kappa shape index (κ3) is 5.57. The number of rotatable bonds is 7. The first-order valence-corrected chi connectivity index (χ1v) is 11.4. The van der Waals surface area contributed by atoms with Crippen molar-refractivity contribution in [2.24, 2.45) is 0 Å². The summed E-state index contributed by atoms with van der Waals surface area (Å²) in [6.07, 6.45) is 1.94. The molecule has 166 valence electrons. The fourth-order valence-corrected chi connectivity index (χ4v) is 4.60. The molecule has 0 radical (unpaired) electrons. The van der Waals surface area contributed by atoms with Crippen LogP contribution < -0.4 is 15.5 Å². The smallest absolute Gasteiger partial charge is 0.314 e. The van der Waals surface area contributed by atoms with Crippen LogP contribution in [0, 0.1) is 0 Å². The maximum atomic E-state index is 12.5. The maximum absolute atomic E-state index is 12.5. The Bertz CT molecular complexity index is 863. The normalized spacial score (nSPS) is 17.9. The predicted molar refractivity (Wildman–Crippen MR) is 127 cm³/mol. The molecule has 6 nitrogen and oxygen atoms in total. The van der Waals surface area contributed by atoms with E-state index in [1.807, 2.05) is 18.2 Å². The van der Waals surface area contributed by atoms with Crippen LogP contribution in [0.5, 0.6) is 0 Å². The van der Waals surface area contributed by atoms with E-state index in [-0.39, 0.29) is 12.1 Å². The number of carbonyl (C=O) groups is 1. The van der Waals surface area contributed by atoms with Gasteiger partial charge in [0.15, 0.2) is 0 Å². The highest BCUT2D eigenvalue weighted by atomic mass is 16.2. The van der Waals surface area contributed by atoms with Crippen LogP contribution in [-0.4, -0.2) is 75.7 Å². The number of hydrogen-bond acceptors (Lipinski definition) is 4. The Morgan fingerprint density at radius 2 is 1.74 bits per heavy atom. The molecule has 1 fully saturated rings. The number of fused-ring (bicyclic) bond motifs is 1. The molecule has 0 aliphatic carbocycles. The lowest BCUT2D eigenvalue weighted by atomic mass is 10.00. The number of anilines is 1. The first kappa shape index (κ1) is 21.7. The molecule has 0 unspecified atom stereocenters. The van der Waals surface area contributed by atoms with Gasteiger partial charge in [-0.15, -0.1) is 0 Å². The molecule has 2 aliphatic heterocycles. The van der Waals surface area contributed by atoms with Gasteiger partial charge in [-0.05, 0) is 42.6 Å². The number of carbonyl (C=O) groups excluding carboxylic acids is 1. The molecule has 4 rings (SSSR count). The van der Waals surface area contributed by atoms with Gasteiger partial charge in [-0.25, -0.2) is 4.79 Å². The van der Waals surface area contributed by atoms with E-state index in [1.54, 1.807) is 0 Å². The van der Waals surface area contributed by atoms with Gasteiger partial charge in [-0.2, -0.15) is 0 Å². The van der Waals surface area contributed by atoms with Gasteiger partial charge in [0.2, 0.25) is 0 Å². The summed E-state index contributed by atoms with van der Waals surface area (Å²) >= 11 is 0. The molecule has 1 atom stereocenters. The number of likely N-dealkylation sites (N-methyl/N-ethyl adjacent to an activating group) is 2.